The zero-order valence-corrected chi connectivity index (χ0v) is 11.0. The van der Waals surface area contributed by atoms with Crippen LogP contribution in [0.2, 0.25) is 0 Å². The molecule has 0 saturated carbocycles. The van der Waals surface area contributed by atoms with E-state index in [4.69, 9.17) is 0 Å². The molecule has 0 radical (unpaired) electrons. The molecule has 0 saturated heterocycles. The van der Waals surface area contributed by atoms with Crippen LogP contribution in [0.25, 0.3) is 11.6 Å². The Bertz CT molecular complexity index is 498. The second kappa shape index (κ2) is 6.18. The quantitative estimate of drug-likeness (QED) is 0.731. The fourth-order valence-electron chi connectivity index (χ4n) is 1.96. The number of benzene rings is 2. The summed E-state index contributed by atoms with van der Waals surface area (Å²) in [6.45, 7) is 0.943. The van der Waals surface area contributed by atoms with E-state index in [1.807, 2.05) is 6.07 Å². The van der Waals surface area contributed by atoms with Gasteiger partial charge in [-0.15, -0.1) is 0 Å². The van der Waals surface area contributed by atoms with Crippen LogP contribution in [-0.2, 0) is 0 Å². The highest BCUT2D eigenvalue weighted by Gasteiger charge is 2.02. The van der Waals surface area contributed by atoms with Gasteiger partial charge in [0.15, 0.2) is 0 Å². The Hall–Kier alpha value is -1.86. The highest BCUT2D eigenvalue weighted by atomic mass is 15.0. The molecule has 0 aliphatic heterocycles. The Morgan fingerprint density at radius 3 is 2.00 bits per heavy atom. The number of likely N-dealkylation sites (N-methyl/N-ethyl adjacent to an activating group) is 1. The van der Waals surface area contributed by atoms with Crippen molar-refractivity contribution >= 4 is 11.6 Å². The van der Waals surface area contributed by atoms with E-state index in [-0.39, 0.29) is 0 Å². The van der Waals surface area contributed by atoms with Crippen LogP contribution in [0.15, 0.2) is 60.7 Å². The normalized spacial score (nSPS) is 11.8. The van der Waals surface area contributed by atoms with E-state index >= 15 is 0 Å². The SMILES string of the molecule is CN(C)CC(=Cc1ccccc1)c1ccccc1. The lowest BCUT2D eigenvalue weighted by molar-refractivity contribution is 0.463. The van der Waals surface area contributed by atoms with Gasteiger partial charge in [0.25, 0.3) is 0 Å². The van der Waals surface area contributed by atoms with Gasteiger partial charge in [0.05, 0.1) is 0 Å². The molecule has 2 aromatic carbocycles. The highest BCUT2D eigenvalue weighted by Crippen LogP contribution is 2.18. The minimum absolute atomic E-state index is 0.943. The molecule has 2 aromatic rings. The van der Waals surface area contributed by atoms with Crippen molar-refractivity contribution in [2.24, 2.45) is 0 Å². The van der Waals surface area contributed by atoms with Gasteiger partial charge < -0.3 is 4.90 Å². The zero-order chi connectivity index (χ0) is 12.8. The van der Waals surface area contributed by atoms with Gasteiger partial charge in [0.2, 0.25) is 0 Å². The van der Waals surface area contributed by atoms with Crippen molar-refractivity contribution in [3.05, 3.63) is 71.8 Å². The fourth-order valence-corrected chi connectivity index (χ4v) is 1.96. The maximum Gasteiger partial charge on any atom is 0.0233 e. The Labute approximate surface area is 109 Å². The number of hydrogen-bond donors (Lipinski definition) is 0. The van der Waals surface area contributed by atoms with Gasteiger partial charge >= 0.3 is 0 Å². The van der Waals surface area contributed by atoms with Crippen LogP contribution in [0.4, 0.5) is 0 Å². The van der Waals surface area contributed by atoms with Gasteiger partial charge in [0.1, 0.15) is 0 Å². The first kappa shape index (κ1) is 12.6. The smallest absolute Gasteiger partial charge is 0.0233 e. The minimum Gasteiger partial charge on any atom is -0.305 e. The average Bonchev–Trinajstić information content (AvgIpc) is 2.40. The molecule has 0 aliphatic rings. The molecule has 2 rings (SSSR count). The largest absolute Gasteiger partial charge is 0.305 e. The van der Waals surface area contributed by atoms with Gasteiger partial charge in [-0.3, -0.25) is 0 Å². The van der Waals surface area contributed by atoms with E-state index < -0.39 is 0 Å². The van der Waals surface area contributed by atoms with Gasteiger partial charge in [0, 0.05) is 6.54 Å². The Morgan fingerprint density at radius 2 is 1.44 bits per heavy atom. The first-order valence-electron chi connectivity index (χ1n) is 6.21. The summed E-state index contributed by atoms with van der Waals surface area (Å²) >= 11 is 0. The second-order valence-electron chi connectivity index (χ2n) is 4.68. The lowest BCUT2D eigenvalue weighted by atomic mass is 10.0. The third-order valence-corrected chi connectivity index (χ3v) is 2.77. The molecular weight excluding hydrogens is 218 g/mol. The predicted octanol–water partition coefficient (Wildman–Crippen LogP) is 3.79. The Balaban J connectivity index is 2.34. The van der Waals surface area contributed by atoms with E-state index in [9.17, 15) is 0 Å². The molecule has 0 aromatic heterocycles. The molecule has 0 fully saturated rings. The molecule has 0 spiro atoms. The van der Waals surface area contributed by atoms with Crippen LogP contribution in [0.5, 0.6) is 0 Å². The number of nitrogens with zero attached hydrogens (tertiary/aromatic N) is 1. The summed E-state index contributed by atoms with van der Waals surface area (Å²) in [6.07, 6.45) is 2.26. The summed E-state index contributed by atoms with van der Waals surface area (Å²) in [5.41, 5.74) is 3.88. The van der Waals surface area contributed by atoms with Crippen molar-refractivity contribution in [1.82, 2.24) is 4.90 Å². The monoisotopic (exact) mass is 237 g/mol. The molecular formula is C17H19N. The molecule has 0 N–H and O–H groups in total. The summed E-state index contributed by atoms with van der Waals surface area (Å²) < 4.78 is 0. The molecule has 1 heteroatoms. The Kier molecular flexibility index (Phi) is 4.32. The third kappa shape index (κ3) is 3.57. The number of rotatable bonds is 4. The molecule has 18 heavy (non-hydrogen) atoms. The van der Waals surface area contributed by atoms with Crippen molar-refractivity contribution in [2.45, 2.75) is 0 Å². The molecule has 92 valence electrons. The van der Waals surface area contributed by atoms with E-state index in [0.29, 0.717) is 0 Å². The summed E-state index contributed by atoms with van der Waals surface area (Å²) in [7, 11) is 4.20. The van der Waals surface area contributed by atoms with Gasteiger partial charge in [-0.05, 0) is 36.9 Å². The van der Waals surface area contributed by atoms with Gasteiger partial charge in [-0.1, -0.05) is 60.7 Å². The molecule has 0 heterocycles. The lowest BCUT2D eigenvalue weighted by Gasteiger charge is -2.14. The van der Waals surface area contributed by atoms with Crippen LogP contribution in [0.1, 0.15) is 11.1 Å². The summed E-state index contributed by atoms with van der Waals surface area (Å²) in [5, 5.41) is 0. The van der Waals surface area contributed by atoms with Crippen molar-refractivity contribution in [2.75, 3.05) is 20.6 Å². The summed E-state index contributed by atoms with van der Waals surface area (Å²) in [5.74, 6) is 0. The highest BCUT2D eigenvalue weighted by molar-refractivity contribution is 5.82. The summed E-state index contributed by atoms with van der Waals surface area (Å²) in [6, 6.07) is 21.0. The first-order valence-corrected chi connectivity index (χ1v) is 6.21. The van der Waals surface area contributed by atoms with Crippen molar-refractivity contribution in [3.8, 4) is 0 Å². The first-order chi connectivity index (χ1) is 8.75. The van der Waals surface area contributed by atoms with Crippen molar-refractivity contribution in [1.29, 1.82) is 0 Å². The molecule has 0 bridgehead atoms. The van der Waals surface area contributed by atoms with Crippen LogP contribution in [-0.4, -0.2) is 25.5 Å². The van der Waals surface area contributed by atoms with Gasteiger partial charge in [-0.2, -0.15) is 0 Å². The standard InChI is InChI=1S/C17H19N/c1-18(2)14-17(16-11-7-4-8-12-16)13-15-9-5-3-6-10-15/h3-13H,14H2,1-2H3. The fraction of sp³-hybridized carbons (Fsp3) is 0.176. The maximum absolute atomic E-state index is 2.26. The van der Waals surface area contributed by atoms with Crippen LogP contribution in [0, 0.1) is 0 Å². The number of hydrogen-bond acceptors (Lipinski definition) is 1. The van der Waals surface area contributed by atoms with Crippen molar-refractivity contribution in [3.63, 3.8) is 0 Å². The topological polar surface area (TPSA) is 3.24 Å². The average molecular weight is 237 g/mol. The maximum atomic E-state index is 2.26. The van der Waals surface area contributed by atoms with E-state index in [1.54, 1.807) is 0 Å². The van der Waals surface area contributed by atoms with Crippen LogP contribution in [0.3, 0.4) is 0 Å². The predicted molar refractivity (Wildman–Crippen MR) is 79.3 cm³/mol. The third-order valence-electron chi connectivity index (χ3n) is 2.77. The second-order valence-corrected chi connectivity index (χ2v) is 4.68. The molecule has 0 atom stereocenters. The van der Waals surface area contributed by atoms with Crippen LogP contribution < -0.4 is 0 Å². The van der Waals surface area contributed by atoms with Crippen molar-refractivity contribution < 1.29 is 0 Å². The molecule has 0 amide bonds. The van der Waals surface area contributed by atoms with E-state index in [0.717, 1.165) is 6.54 Å². The van der Waals surface area contributed by atoms with E-state index in [1.165, 1.54) is 16.7 Å². The van der Waals surface area contributed by atoms with E-state index in [2.05, 4.69) is 79.7 Å². The lowest BCUT2D eigenvalue weighted by Crippen LogP contribution is -2.14. The van der Waals surface area contributed by atoms with Crippen LogP contribution >= 0.6 is 0 Å². The Morgan fingerprint density at radius 1 is 0.889 bits per heavy atom. The van der Waals surface area contributed by atoms with Gasteiger partial charge in [-0.25, -0.2) is 0 Å². The molecule has 0 unspecified atom stereocenters. The summed E-state index contributed by atoms with van der Waals surface area (Å²) in [4.78, 5) is 2.20. The zero-order valence-electron chi connectivity index (χ0n) is 11.0. The molecule has 0 aliphatic carbocycles. The molecule has 1 nitrogen and oxygen atoms in total. The minimum atomic E-state index is 0.943.